The van der Waals surface area contributed by atoms with Crippen molar-refractivity contribution in [2.24, 2.45) is 0 Å². The molecule has 1 heterocycles. The van der Waals surface area contributed by atoms with Crippen LogP contribution in [0.25, 0.3) is 5.57 Å². The fourth-order valence-corrected chi connectivity index (χ4v) is 3.32. The van der Waals surface area contributed by atoms with E-state index in [1.54, 1.807) is 31.5 Å². The summed E-state index contributed by atoms with van der Waals surface area (Å²) in [4.78, 5) is 3.94. The average Bonchev–Trinajstić information content (AvgIpc) is 2.40. The Hall–Kier alpha value is -1.46. The van der Waals surface area contributed by atoms with E-state index in [4.69, 9.17) is 4.18 Å². The Morgan fingerprint density at radius 2 is 2.11 bits per heavy atom. The second-order valence-electron chi connectivity index (χ2n) is 3.91. The summed E-state index contributed by atoms with van der Waals surface area (Å²) < 4.78 is 29.0. The molecule has 0 amide bonds. The lowest BCUT2D eigenvalue weighted by molar-refractivity contribution is 0.334. The zero-order valence-corrected chi connectivity index (χ0v) is 10.9. The van der Waals surface area contributed by atoms with Crippen molar-refractivity contribution in [1.29, 1.82) is 0 Å². The lowest BCUT2D eigenvalue weighted by Gasteiger charge is -2.21. The molecule has 1 aliphatic rings. The summed E-state index contributed by atoms with van der Waals surface area (Å²) in [5, 5.41) is -0.634. The van der Waals surface area contributed by atoms with E-state index < -0.39 is 15.4 Å². The molecule has 0 aromatic carbocycles. The quantitative estimate of drug-likeness (QED) is 0.783. The molecule has 2 rings (SSSR count). The molecule has 1 aliphatic carbocycles. The number of pyridine rings is 1. The highest BCUT2D eigenvalue weighted by atomic mass is 32.2. The highest BCUT2D eigenvalue weighted by Gasteiger charge is 2.30. The summed E-state index contributed by atoms with van der Waals surface area (Å²) in [6.07, 6.45) is 9.27. The maximum atomic E-state index is 12.1. The minimum absolute atomic E-state index is 0.159. The third-order valence-electron chi connectivity index (χ3n) is 2.75. The van der Waals surface area contributed by atoms with Crippen LogP contribution in [0, 0.1) is 0 Å². The number of hydrogen-bond acceptors (Lipinski definition) is 4. The van der Waals surface area contributed by atoms with Crippen molar-refractivity contribution in [3.63, 3.8) is 0 Å². The van der Waals surface area contributed by atoms with Crippen LogP contribution in [0.15, 0.2) is 42.8 Å². The number of allylic oxidation sites excluding steroid dienone is 3. The first kappa shape index (κ1) is 13.0. The van der Waals surface area contributed by atoms with Crippen LogP contribution in [0.2, 0.25) is 0 Å². The average molecular weight is 265 g/mol. The van der Waals surface area contributed by atoms with Gasteiger partial charge in [-0.1, -0.05) is 18.2 Å². The fourth-order valence-electron chi connectivity index (χ4n) is 1.95. The minimum atomic E-state index is -3.57. The largest absolute Gasteiger partial charge is 0.274 e. The molecule has 4 nitrogen and oxygen atoms in total. The van der Waals surface area contributed by atoms with Crippen molar-refractivity contribution in [3.8, 4) is 0 Å². The fraction of sp³-hybridized carbons (Fsp3) is 0.308. The Morgan fingerprint density at radius 3 is 2.78 bits per heavy atom. The lowest BCUT2D eigenvalue weighted by Crippen LogP contribution is -2.25. The van der Waals surface area contributed by atoms with Gasteiger partial charge in [0.05, 0.1) is 6.61 Å². The van der Waals surface area contributed by atoms with Crippen LogP contribution in [0.3, 0.4) is 0 Å². The highest BCUT2D eigenvalue weighted by molar-refractivity contribution is 7.87. The molecule has 96 valence electrons. The van der Waals surface area contributed by atoms with E-state index in [0.717, 1.165) is 11.1 Å². The summed E-state index contributed by atoms with van der Waals surface area (Å²) in [7, 11) is -3.57. The summed E-state index contributed by atoms with van der Waals surface area (Å²) in [6.45, 7) is 1.83. The Kier molecular flexibility index (Phi) is 3.93. The number of aromatic nitrogens is 1. The molecular weight excluding hydrogens is 250 g/mol. The van der Waals surface area contributed by atoms with Gasteiger partial charge in [-0.2, -0.15) is 8.42 Å². The minimum Gasteiger partial charge on any atom is -0.270 e. The summed E-state index contributed by atoms with van der Waals surface area (Å²) in [6, 6.07) is 3.61. The van der Waals surface area contributed by atoms with Crippen molar-refractivity contribution >= 4 is 15.7 Å². The van der Waals surface area contributed by atoms with Gasteiger partial charge in [0.15, 0.2) is 0 Å². The Bertz CT molecular complexity index is 561. The van der Waals surface area contributed by atoms with E-state index in [9.17, 15) is 8.42 Å². The standard InChI is InChI=1S/C13H15NO3S/c1-2-17-18(15,16)13-6-4-3-5-12(13)11-7-9-14-10-8-11/h3-5,7-10,13H,2,6H2,1H3. The number of hydrogen-bond donors (Lipinski definition) is 0. The van der Waals surface area contributed by atoms with E-state index >= 15 is 0 Å². The molecule has 1 unspecified atom stereocenters. The first-order valence-corrected chi connectivity index (χ1v) is 7.27. The van der Waals surface area contributed by atoms with Crippen LogP contribution in [0.1, 0.15) is 18.9 Å². The van der Waals surface area contributed by atoms with Crippen LogP contribution >= 0.6 is 0 Å². The van der Waals surface area contributed by atoms with Gasteiger partial charge in [0.2, 0.25) is 0 Å². The number of nitrogens with zero attached hydrogens (tertiary/aromatic N) is 1. The second kappa shape index (κ2) is 5.46. The topological polar surface area (TPSA) is 56.3 Å². The monoisotopic (exact) mass is 265 g/mol. The maximum Gasteiger partial charge on any atom is 0.274 e. The van der Waals surface area contributed by atoms with Gasteiger partial charge in [-0.25, -0.2) is 0 Å². The molecule has 0 saturated heterocycles. The lowest BCUT2D eigenvalue weighted by atomic mass is 9.98. The molecule has 1 aromatic heterocycles. The molecule has 18 heavy (non-hydrogen) atoms. The van der Waals surface area contributed by atoms with Crippen molar-refractivity contribution < 1.29 is 12.6 Å². The molecule has 0 saturated carbocycles. The molecule has 1 aromatic rings. The predicted molar refractivity (Wildman–Crippen MR) is 70.3 cm³/mol. The van der Waals surface area contributed by atoms with Crippen LogP contribution in [0.4, 0.5) is 0 Å². The Morgan fingerprint density at radius 1 is 1.39 bits per heavy atom. The van der Waals surface area contributed by atoms with Gasteiger partial charge < -0.3 is 0 Å². The van der Waals surface area contributed by atoms with Gasteiger partial charge in [-0.15, -0.1) is 0 Å². The van der Waals surface area contributed by atoms with Crippen LogP contribution in [-0.4, -0.2) is 25.3 Å². The van der Waals surface area contributed by atoms with Crippen molar-refractivity contribution in [2.75, 3.05) is 6.61 Å². The Labute approximate surface area is 107 Å². The smallest absolute Gasteiger partial charge is 0.270 e. The molecule has 0 N–H and O–H groups in total. The Balaban J connectivity index is 2.38. The molecule has 0 aliphatic heterocycles. The second-order valence-corrected chi connectivity index (χ2v) is 5.70. The molecular formula is C13H15NO3S. The normalized spacial score (nSPS) is 19.6. The first-order valence-electron chi connectivity index (χ1n) is 5.80. The molecule has 1 atom stereocenters. The van der Waals surface area contributed by atoms with E-state index in [1.165, 1.54) is 0 Å². The van der Waals surface area contributed by atoms with Crippen LogP contribution in [-0.2, 0) is 14.3 Å². The molecule has 0 radical (unpaired) electrons. The van der Waals surface area contributed by atoms with Crippen LogP contribution < -0.4 is 0 Å². The van der Waals surface area contributed by atoms with Gasteiger partial charge in [-0.3, -0.25) is 9.17 Å². The predicted octanol–water partition coefficient (Wildman–Crippen LogP) is 2.16. The van der Waals surface area contributed by atoms with E-state index in [1.807, 2.05) is 18.2 Å². The molecule has 0 spiro atoms. The molecule has 5 heteroatoms. The molecule has 0 bridgehead atoms. The highest BCUT2D eigenvalue weighted by Crippen LogP contribution is 2.29. The SMILES string of the molecule is CCOS(=O)(=O)C1CC=CC=C1c1ccncc1. The number of rotatable bonds is 4. The van der Waals surface area contributed by atoms with E-state index in [0.29, 0.717) is 6.42 Å². The molecule has 0 fully saturated rings. The summed E-state index contributed by atoms with van der Waals surface area (Å²) in [5.74, 6) is 0. The summed E-state index contributed by atoms with van der Waals surface area (Å²) >= 11 is 0. The van der Waals surface area contributed by atoms with Gasteiger partial charge in [-0.05, 0) is 36.6 Å². The van der Waals surface area contributed by atoms with Crippen molar-refractivity contribution in [1.82, 2.24) is 4.98 Å². The summed E-state index contributed by atoms with van der Waals surface area (Å²) in [5.41, 5.74) is 1.62. The van der Waals surface area contributed by atoms with E-state index in [2.05, 4.69) is 4.98 Å². The van der Waals surface area contributed by atoms with Gasteiger partial charge >= 0.3 is 0 Å². The van der Waals surface area contributed by atoms with Crippen molar-refractivity contribution in [2.45, 2.75) is 18.6 Å². The van der Waals surface area contributed by atoms with Gasteiger partial charge in [0.1, 0.15) is 5.25 Å². The zero-order valence-electron chi connectivity index (χ0n) is 10.1. The van der Waals surface area contributed by atoms with Gasteiger partial charge in [0.25, 0.3) is 10.1 Å². The maximum absolute atomic E-state index is 12.1. The zero-order chi connectivity index (χ0) is 13.0. The van der Waals surface area contributed by atoms with Crippen LogP contribution in [0.5, 0.6) is 0 Å². The third kappa shape index (κ3) is 2.68. The van der Waals surface area contributed by atoms with Crippen molar-refractivity contribution in [3.05, 3.63) is 48.3 Å². The van der Waals surface area contributed by atoms with Gasteiger partial charge in [0, 0.05) is 12.4 Å². The third-order valence-corrected chi connectivity index (χ3v) is 4.46. The first-order chi connectivity index (χ1) is 8.65. The van der Waals surface area contributed by atoms with E-state index in [-0.39, 0.29) is 6.61 Å².